The van der Waals surface area contributed by atoms with Crippen LogP contribution in [0.25, 0.3) is 10.9 Å². The van der Waals surface area contributed by atoms with Crippen LogP contribution >= 0.6 is 0 Å². The quantitative estimate of drug-likeness (QED) is 0.806. The lowest BCUT2D eigenvalue weighted by atomic mass is 10.2. The fourth-order valence-corrected chi connectivity index (χ4v) is 1.76. The third-order valence-electron chi connectivity index (χ3n) is 2.66. The maximum absolute atomic E-state index is 12.0. The van der Waals surface area contributed by atoms with Crippen molar-refractivity contribution in [3.8, 4) is 17.2 Å². The number of aromatic hydroxyl groups is 2. The molecule has 1 aromatic carbocycles. The van der Waals surface area contributed by atoms with Crippen molar-refractivity contribution >= 4 is 10.9 Å². The summed E-state index contributed by atoms with van der Waals surface area (Å²) in [7, 11) is 1.55. The molecule has 5 heteroatoms. The highest BCUT2D eigenvalue weighted by Gasteiger charge is 2.15. The summed E-state index contributed by atoms with van der Waals surface area (Å²) in [4.78, 5) is 12.0. The van der Waals surface area contributed by atoms with Gasteiger partial charge in [0.2, 0.25) is 5.75 Å². The van der Waals surface area contributed by atoms with Crippen LogP contribution in [0.2, 0.25) is 0 Å². The van der Waals surface area contributed by atoms with Gasteiger partial charge in [-0.05, 0) is 12.1 Å². The Bertz CT molecular complexity index is 673. The monoisotopic (exact) mass is 247 g/mol. The van der Waals surface area contributed by atoms with E-state index in [1.165, 1.54) is 28.8 Å². The number of nitrogens with zero attached hydrogens (tertiary/aromatic N) is 1. The van der Waals surface area contributed by atoms with Crippen molar-refractivity contribution in [1.29, 1.82) is 0 Å². The number of ether oxygens (including phenoxy) is 1. The summed E-state index contributed by atoms with van der Waals surface area (Å²) in [5.74, 6) is -0.317. The summed E-state index contributed by atoms with van der Waals surface area (Å²) in [6, 6.07) is 4.37. The zero-order chi connectivity index (χ0) is 13.3. The highest BCUT2D eigenvalue weighted by Crippen LogP contribution is 2.32. The number of phenols is 1. The topological polar surface area (TPSA) is 71.7 Å². The predicted octanol–water partition coefficient (Wildman–Crippen LogP) is 1.51. The molecular weight excluding hydrogens is 234 g/mol. The summed E-state index contributed by atoms with van der Waals surface area (Å²) in [6.07, 6.45) is 1.49. The maximum atomic E-state index is 12.0. The molecule has 94 valence electrons. The van der Waals surface area contributed by atoms with Crippen molar-refractivity contribution < 1.29 is 14.9 Å². The van der Waals surface area contributed by atoms with Crippen LogP contribution in [0.1, 0.15) is 0 Å². The number of hydrogen-bond donors (Lipinski definition) is 2. The first-order chi connectivity index (χ1) is 8.56. The molecule has 18 heavy (non-hydrogen) atoms. The van der Waals surface area contributed by atoms with Crippen molar-refractivity contribution in [2.75, 3.05) is 6.61 Å². The van der Waals surface area contributed by atoms with Gasteiger partial charge < -0.3 is 19.5 Å². The average molecular weight is 247 g/mol. The first kappa shape index (κ1) is 12.0. The normalized spacial score (nSPS) is 10.5. The minimum atomic E-state index is -0.465. The highest BCUT2D eigenvalue weighted by molar-refractivity contribution is 5.88. The van der Waals surface area contributed by atoms with Crippen LogP contribution in [0.3, 0.4) is 0 Å². The molecular formula is C13H13NO4. The summed E-state index contributed by atoms with van der Waals surface area (Å²) < 4.78 is 6.48. The molecule has 2 N–H and O–H groups in total. The van der Waals surface area contributed by atoms with Gasteiger partial charge in [0.1, 0.15) is 12.4 Å². The number of phenolic OH excluding ortho intramolecular Hbond substituents is 1. The second-order valence-corrected chi connectivity index (χ2v) is 3.84. The second kappa shape index (κ2) is 4.44. The van der Waals surface area contributed by atoms with E-state index >= 15 is 0 Å². The highest BCUT2D eigenvalue weighted by atomic mass is 16.5. The Labute approximate surface area is 103 Å². The number of rotatable bonds is 3. The van der Waals surface area contributed by atoms with E-state index < -0.39 is 5.56 Å². The van der Waals surface area contributed by atoms with Gasteiger partial charge in [0.15, 0.2) is 5.75 Å². The van der Waals surface area contributed by atoms with E-state index in [4.69, 9.17) is 4.74 Å². The van der Waals surface area contributed by atoms with Crippen molar-refractivity contribution in [2.45, 2.75) is 0 Å². The number of benzene rings is 1. The van der Waals surface area contributed by atoms with Gasteiger partial charge in [0, 0.05) is 18.5 Å². The fourth-order valence-electron chi connectivity index (χ4n) is 1.76. The van der Waals surface area contributed by atoms with Gasteiger partial charge in [-0.15, -0.1) is 0 Å². The molecule has 1 aromatic heterocycles. The third-order valence-corrected chi connectivity index (χ3v) is 2.66. The Kier molecular flexibility index (Phi) is 2.97. The molecule has 0 aliphatic carbocycles. The Morgan fingerprint density at radius 2 is 2.17 bits per heavy atom. The van der Waals surface area contributed by atoms with E-state index in [0.717, 1.165) is 0 Å². The number of hydrogen-bond acceptors (Lipinski definition) is 4. The lowest BCUT2D eigenvalue weighted by molar-refractivity contribution is 0.331. The van der Waals surface area contributed by atoms with Gasteiger partial charge in [-0.3, -0.25) is 4.79 Å². The molecule has 5 nitrogen and oxygen atoms in total. The van der Waals surface area contributed by atoms with E-state index in [-0.39, 0.29) is 23.9 Å². The molecule has 0 bridgehead atoms. The molecule has 0 aliphatic rings. The van der Waals surface area contributed by atoms with E-state index in [0.29, 0.717) is 10.9 Å². The Balaban J connectivity index is 2.79. The minimum absolute atomic E-state index is 0.0247. The van der Waals surface area contributed by atoms with Crippen LogP contribution in [0.4, 0.5) is 0 Å². The summed E-state index contributed by atoms with van der Waals surface area (Å²) in [5, 5.41) is 19.9. The average Bonchev–Trinajstić information content (AvgIpc) is 2.36. The zero-order valence-corrected chi connectivity index (χ0v) is 9.88. The molecule has 1 heterocycles. The maximum Gasteiger partial charge on any atom is 0.297 e. The van der Waals surface area contributed by atoms with Crippen molar-refractivity contribution in [1.82, 2.24) is 4.57 Å². The van der Waals surface area contributed by atoms with E-state index in [1.807, 2.05) is 0 Å². The van der Waals surface area contributed by atoms with Crippen LogP contribution in [0.15, 0.2) is 35.6 Å². The molecule has 0 fully saturated rings. The first-order valence-corrected chi connectivity index (χ1v) is 5.34. The SMILES string of the molecule is C=CCOc1c(O)c2ccc(O)cc2n(C)c1=O. The molecule has 2 rings (SSSR count). The Morgan fingerprint density at radius 3 is 2.83 bits per heavy atom. The second-order valence-electron chi connectivity index (χ2n) is 3.84. The van der Waals surface area contributed by atoms with Crippen LogP contribution in [0, 0.1) is 0 Å². The minimum Gasteiger partial charge on any atom is -0.508 e. The van der Waals surface area contributed by atoms with Gasteiger partial charge in [-0.25, -0.2) is 0 Å². The summed E-state index contributed by atoms with van der Waals surface area (Å²) in [5.41, 5.74) is -0.0316. The molecule has 2 aromatic rings. The Hall–Kier alpha value is -2.43. The third kappa shape index (κ3) is 1.79. The van der Waals surface area contributed by atoms with Gasteiger partial charge in [-0.2, -0.15) is 0 Å². The largest absolute Gasteiger partial charge is 0.508 e. The van der Waals surface area contributed by atoms with E-state index in [9.17, 15) is 15.0 Å². The molecule has 0 radical (unpaired) electrons. The van der Waals surface area contributed by atoms with Crippen molar-refractivity contribution in [3.05, 3.63) is 41.2 Å². The van der Waals surface area contributed by atoms with Gasteiger partial charge in [0.05, 0.1) is 5.52 Å². The zero-order valence-electron chi connectivity index (χ0n) is 9.88. The van der Waals surface area contributed by atoms with Gasteiger partial charge in [-0.1, -0.05) is 12.7 Å². The number of aromatic nitrogens is 1. The number of fused-ring (bicyclic) bond motifs is 1. The molecule has 0 aliphatic heterocycles. The van der Waals surface area contributed by atoms with Crippen molar-refractivity contribution in [2.24, 2.45) is 7.05 Å². The standard InChI is InChI=1S/C13H13NO4/c1-3-6-18-12-11(16)9-5-4-8(15)7-10(9)14(2)13(12)17/h3-5,7,15-16H,1,6H2,2H3. The van der Waals surface area contributed by atoms with Gasteiger partial charge >= 0.3 is 0 Å². The lowest BCUT2D eigenvalue weighted by Gasteiger charge is -2.11. The fraction of sp³-hybridized carbons (Fsp3) is 0.154. The predicted molar refractivity (Wildman–Crippen MR) is 68.2 cm³/mol. The molecule has 0 spiro atoms. The van der Waals surface area contributed by atoms with E-state index in [2.05, 4.69) is 6.58 Å². The van der Waals surface area contributed by atoms with Crippen LogP contribution in [-0.2, 0) is 7.05 Å². The van der Waals surface area contributed by atoms with Crippen LogP contribution in [0.5, 0.6) is 17.2 Å². The molecule has 0 saturated heterocycles. The number of pyridine rings is 1. The molecule has 0 saturated carbocycles. The first-order valence-electron chi connectivity index (χ1n) is 5.34. The molecule has 0 amide bonds. The van der Waals surface area contributed by atoms with Crippen LogP contribution < -0.4 is 10.3 Å². The molecule has 0 atom stereocenters. The summed E-state index contributed by atoms with van der Waals surface area (Å²) in [6.45, 7) is 3.61. The summed E-state index contributed by atoms with van der Waals surface area (Å²) >= 11 is 0. The van der Waals surface area contributed by atoms with E-state index in [1.54, 1.807) is 7.05 Å². The van der Waals surface area contributed by atoms with Crippen LogP contribution in [-0.4, -0.2) is 21.4 Å². The van der Waals surface area contributed by atoms with Crippen molar-refractivity contribution in [3.63, 3.8) is 0 Å². The van der Waals surface area contributed by atoms with Gasteiger partial charge in [0.25, 0.3) is 5.56 Å². The molecule has 0 unspecified atom stereocenters. The number of aryl methyl sites for hydroxylation is 1. The lowest BCUT2D eigenvalue weighted by Crippen LogP contribution is -2.19. The smallest absolute Gasteiger partial charge is 0.297 e. The Morgan fingerprint density at radius 1 is 1.44 bits per heavy atom.